The van der Waals surface area contributed by atoms with Crippen molar-refractivity contribution in [3.05, 3.63) is 11.6 Å². The van der Waals surface area contributed by atoms with E-state index in [1.165, 1.54) is 56.8 Å². The van der Waals surface area contributed by atoms with E-state index in [9.17, 15) is 0 Å². The fourth-order valence-corrected chi connectivity index (χ4v) is 2.99. The summed E-state index contributed by atoms with van der Waals surface area (Å²) in [5.41, 5.74) is 0. The molecule has 2 N–H and O–H groups in total. The number of hydrogen-bond donors (Lipinski definition) is 1. The minimum atomic E-state index is 0.646. The first-order valence-electron chi connectivity index (χ1n) is 6.69. The van der Waals surface area contributed by atoms with Gasteiger partial charge in [0.2, 0.25) is 0 Å². The molecule has 2 aliphatic heterocycles. The van der Waals surface area contributed by atoms with E-state index in [1.54, 1.807) is 0 Å². The second kappa shape index (κ2) is 4.53. The molecule has 4 heteroatoms. The molecule has 0 radical (unpaired) electrons. The van der Waals surface area contributed by atoms with Crippen molar-refractivity contribution in [3.8, 4) is 0 Å². The normalized spacial score (nSPS) is 26.1. The van der Waals surface area contributed by atoms with Crippen LogP contribution >= 0.6 is 0 Å². The van der Waals surface area contributed by atoms with Crippen molar-refractivity contribution < 1.29 is 5.32 Å². The largest absolute Gasteiger partial charge is 0.346 e. The predicted octanol–water partition coefficient (Wildman–Crippen LogP) is 0.445. The number of nitrogens with zero attached hydrogens (tertiary/aromatic N) is 3. The van der Waals surface area contributed by atoms with Crippen LogP contribution < -0.4 is 5.32 Å². The molecule has 1 saturated heterocycles. The van der Waals surface area contributed by atoms with Gasteiger partial charge in [-0.3, -0.25) is 0 Å². The summed E-state index contributed by atoms with van der Waals surface area (Å²) in [6.07, 6.45) is 7.69. The molecule has 2 aliphatic rings. The van der Waals surface area contributed by atoms with Crippen LogP contribution in [0, 0.1) is 0 Å². The number of rotatable bonds is 1. The fraction of sp³-hybridized carbons (Fsp3) is 0.833. The second-order valence-corrected chi connectivity index (χ2v) is 5.09. The number of aryl methyl sites for hydroxylation is 1. The molecule has 0 aromatic carbocycles. The maximum atomic E-state index is 4.46. The summed E-state index contributed by atoms with van der Waals surface area (Å²) >= 11 is 0. The average Bonchev–Trinajstić information content (AvgIpc) is 2.60. The molecule has 0 aliphatic carbocycles. The number of hydrogen-bond acceptors (Lipinski definition) is 2. The molecule has 1 fully saturated rings. The highest BCUT2D eigenvalue weighted by Gasteiger charge is 2.25. The molecule has 0 spiro atoms. The first-order valence-corrected chi connectivity index (χ1v) is 6.69. The van der Waals surface area contributed by atoms with Crippen molar-refractivity contribution in [2.45, 2.75) is 51.0 Å². The molecule has 16 heavy (non-hydrogen) atoms. The van der Waals surface area contributed by atoms with Crippen molar-refractivity contribution >= 4 is 0 Å². The minimum Gasteiger partial charge on any atom is -0.346 e. The Morgan fingerprint density at radius 2 is 2.12 bits per heavy atom. The first kappa shape index (κ1) is 10.3. The lowest BCUT2D eigenvalue weighted by molar-refractivity contribution is -0.665. The van der Waals surface area contributed by atoms with Crippen LogP contribution in [-0.2, 0) is 13.0 Å². The number of piperidine rings is 1. The Morgan fingerprint density at radius 3 is 3.00 bits per heavy atom. The predicted molar refractivity (Wildman–Crippen MR) is 61.2 cm³/mol. The third-order valence-electron chi connectivity index (χ3n) is 3.92. The lowest BCUT2D eigenvalue weighted by Crippen LogP contribution is -2.86. The molecule has 0 unspecified atom stereocenters. The van der Waals surface area contributed by atoms with Crippen LogP contribution in [0.25, 0.3) is 0 Å². The van der Waals surface area contributed by atoms with E-state index >= 15 is 0 Å². The van der Waals surface area contributed by atoms with E-state index in [2.05, 4.69) is 20.1 Å². The van der Waals surface area contributed by atoms with Crippen LogP contribution in [0.5, 0.6) is 0 Å². The van der Waals surface area contributed by atoms with Crippen LogP contribution in [0.15, 0.2) is 0 Å². The molecule has 1 aromatic heterocycles. The summed E-state index contributed by atoms with van der Waals surface area (Å²) < 4.78 is 2.41. The van der Waals surface area contributed by atoms with E-state index in [1.807, 2.05) is 0 Å². The third kappa shape index (κ3) is 1.86. The summed E-state index contributed by atoms with van der Waals surface area (Å²) in [5.74, 6) is 3.15. The van der Waals surface area contributed by atoms with E-state index < -0.39 is 0 Å². The maximum absolute atomic E-state index is 4.46. The summed E-state index contributed by atoms with van der Waals surface area (Å²) in [4.78, 5) is 0. The SMILES string of the molecule is C1CCc2nnc([C@H]3CCC[NH2+]C3)n2CC1. The number of quaternary nitrogens is 1. The van der Waals surface area contributed by atoms with Gasteiger partial charge < -0.3 is 9.88 Å². The topological polar surface area (TPSA) is 47.3 Å². The quantitative estimate of drug-likeness (QED) is 0.748. The maximum Gasteiger partial charge on any atom is 0.141 e. The second-order valence-electron chi connectivity index (χ2n) is 5.09. The van der Waals surface area contributed by atoms with Gasteiger partial charge in [0.05, 0.1) is 19.0 Å². The van der Waals surface area contributed by atoms with Gasteiger partial charge in [-0.25, -0.2) is 0 Å². The van der Waals surface area contributed by atoms with Crippen molar-refractivity contribution in [1.82, 2.24) is 14.8 Å². The standard InChI is InChI=1S/C12H20N4/c1-2-6-11-14-15-12(16(11)8-3-1)10-5-4-7-13-9-10/h10,13H,1-9H2/p+1/t10-/m0/s1. The monoisotopic (exact) mass is 221 g/mol. The molecule has 88 valence electrons. The van der Waals surface area contributed by atoms with Gasteiger partial charge in [0.15, 0.2) is 0 Å². The molecule has 0 saturated carbocycles. The highest BCUT2D eigenvalue weighted by Crippen LogP contribution is 2.23. The number of nitrogens with two attached hydrogens (primary N) is 1. The van der Waals surface area contributed by atoms with Crippen molar-refractivity contribution in [1.29, 1.82) is 0 Å². The molecule has 3 heterocycles. The van der Waals surface area contributed by atoms with E-state index in [0.717, 1.165) is 13.0 Å². The summed E-state index contributed by atoms with van der Waals surface area (Å²) in [6, 6.07) is 0. The van der Waals surface area contributed by atoms with Crippen LogP contribution in [-0.4, -0.2) is 27.9 Å². The number of fused-ring (bicyclic) bond motifs is 1. The number of aromatic nitrogens is 3. The van der Waals surface area contributed by atoms with Gasteiger partial charge in [0.1, 0.15) is 11.6 Å². The van der Waals surface area contributed by atoms with Crippen LogP contribution in [0.1, 0.15) is 49.7 Å². The van der Waals surface area contributed by atoms with Crippen LogP contribution in [0.4, 0.5) is 0 Å². The Kier molecular flexibility index (Phi) is 2.91. The van der Waals surface area contributed by atoms with Crippen LogP contribution in [0.3, 0.4) is 0 Å². The van der Waals surface area contributed by atoms with Gasteiger partial charge in [-0.1, -0.05) is 6.42 Å². The molecule has 4 nitrogen and oxygen atoms in total. The van der Waals surface area contributed by atoms with Crippen molar-refractivity contribution in [2.24, 2.45) is 0 Å². The molecule has 3 rings (SSSR count). The summed E-state index contributed by atoms with van der Waals surface area (Å²) in [5, 5.41) is 11.3. The zero-order valence-corrected chi connectivity index (χ0v) is 9.86. The molecule has 1 atom stereocenters. The third-order valence-corrected chi connectivity index (χ3v) is 3.92. The Bertz CT molecular complexity index is 352. The highest BCUT2D eigenvalue weighted by atomic mass is 15.3. The molecule has 1 aromatic rings. The lowest BCUT2D eigenvalue weighted by Gasteiger charge is -2.20. The Labute approximate surface area is 96.4 Å². The average molecular weight is 221 g/mol. The van der Waals surface area contributed by atoms with Gasteiger partial charge in [0, 0.05) is 13.0 Å². The first-order chi connectivity index (χ1) is 7.95. The van der Waals surface area contributed by atoms with Gasteiger partial charge in [-0.15, -0.1) is 10.2 Å². The van der Waals surface area contributed by atoms with Crippen molar-refractivity contribution in [2.75, 3.05) is 13.1 Å². The van der Waals surface area contributed by atoms with E-state index in [-0.39, 0.29) is 0 Å². The lowest BCUT2D eigenvalue weighted by atomic mass is 9.99. The fourth-order valence-electron chi connectivity index (χ4n) is 2.99. The van der Waals surface area contributed by atoms with Gasteiger partial charge in [0.25, 0.3) is 0 Å². The Hall–Kier alpha value is -0.900. The molecular weight excluding hydrogens is 200 g/mol. The molecule has 0 bridgehead atoms. The van der Waals surface area contributed by atoms with Gasteiger partial charge in [-0.2, -0.15) is 0 Å². The zero-order valence-electron chi connectivity index (χ0n) is 9.86. The summed E-state index contributed by atoms with van der Waals surface area (Å²) in [6.45, 7) is 3.64. The van der Waals surface area contributed by atoms with Gasteiger partial charge in [-0.05, 0) is 25.7 Å². The smallest absolute Gasteiger partial charge is 0.141 e. The minimum absolute atomic E-state index is 0.646. The molecular formula is C12H21N4+. The Balaban J connectivity index is 1.86. The molecule has 0 amide bonds. The highest BCUT2D eigenvalue weighted by molar-refractivity contribution is 5.04. The van der Waals surface area contributed by atoms with Crippen LogP contribution in [0.2, 0.25) is 0 Å². The van der Waals surface area contributed by atoms with E-state index in [0.29, 0.717) is 5.92 Å². The van der Waals surface area contributed by atoms with E-state index in [4.69, 9.17) is 0 Å². The zero-order chi connectivity index (χ0) is 10.8. The van der Waals surface area contributed by atoms with Gasteiger partial charge >= 0.3 is 0 Å². The summed E-state index contributed by atoms with van der Waals surface area (Å²) in [7, 11) is 0. The Morgan fingerprint density at radius 1 is 1.12 bits per heavy atom. The van der Waals surface area contributed by atoms with Crippen molar-refractivity contribution in [3.63, 3.8) is 0 Å².